The molecule has 0 aromatic heterocycles. The van der Waals surface area contributed by atoms with Crippen LogP contribution in [-0.2, 0) is 4.79 Å². The minimum atomic E-state index is 0.0354. The third-order valence-electron chi connectivity index (χ3n) is 6.33. The highest BCUT2D eigenvalue weighted by atomic mass is 16.2. The van der Waals surface area contributed by atoms with Crippen LogP contribution >= 0.6 is 0 Å². The van der Waals surface area contributed by atoms with Crippen LogP contribution in [0.2, 0.25) is 0 Å². The van der Waals surface area contributed by atoms with Gasteiger partial charge in [0.1, 0.15) is 6.54 Å². The average molecular weight is 366 g/mol. The number of likely N-dealkylation sites (N-methyl/N-ethyl adjacent to an activating group) is 2. The van der Waals surface area contributed by atoms with Gasteiger partial charge >= 0.3 is 0 Å². The summed E-state index contributed by atoms with van der Waals surface area (Å²) >= 11 is 0. The molecule has 150 valence electrons. The van der Waals surface area contributed by atoms with E-state index in [0.717, 1.165) is 25.6 Å². The number of likely N-dealkylation sites (tertiary alicyclic amines) is 1. The summed E-state index contributed by atoms with van der Waals surface area (Å²) in [5.74, 6) is 0.830. The Morgan fingerprint density at radius 2 is 1.92 bits per heavy atom. The maximum Gasteiger partial charge on any atom is 0.243 e. The highest BCUT2D eigenvalue weighted by Crippen LogP contribution is 2.40. The topological polar surface area (TPSA) is 60.0 Å². The zero-order valence-corrected chi connectivity index (χ0v) is 17.3. The Labute approximate surface area is 159 Å². The van der Waals surface area contributed by atoms with Gasteiger partial charge in [0.2, 0.25) is 5.91 Å². The Kier molecular flexibility index (Phi) is 8.19. The van der Waals surface area contributed by atoms with Gasteiger partial charge in [0.15, 0.2) is 5.96 Å². The van der Waals surface area contributed by atoms with Crippen molar-refractivity contribution in [3.05, 3.63) is 0 Å². The molecular formula is C20H39N5O. The fourth-order valence-electron chi connectivity index (χ4n) is 4.27. The first-order chi connectivity index (χ1) is 12.5. The number of nitrogens with one attached hydrogen (secondary N) is 2. The van der Waals surface area contributed by atoms with Gasteiger partial charge in [-0.15, -0.1) is 0 Å². The van der Waals surface area contributed by atoms with Crippen LogP contribution in [0.1, 0.15) is 58.8 Å². The molecule has 1 saturated carbocycles. The lowest BCUT2D eigenvalue weighted by molar-refractivity contribution is -0.127. The van der Waals surface area contributed by atoms with Gasteiger partial charge in [-0.2, -0.15) is 0 Å². The molecule has 1 aliphatic carbocycles. The van der Waals surface area contributed by atoms with Crippen LogP contribution < -0.4 is 10.6 Å². The zero-order valence-electron chi connectivity index (χ0n) is 17.3. The summed E-state index contributed by atoms with van der Waals surface area (Å²) in [6, 6.07) is 0.572. The van der Waals surface area contributed by atoms with Gasteiger partial charge < -0.3 is 15.5 Å². The molecule has 2 N–H and O–H groups in total. The van der Waals surface area contributed by atoms with Gasteiger partial charge in [-0.05, 0) is 50.6 Å². The van der Waals surface area contributed by atoms with Crippen LogP contribution in [0.3, 0.4) is 0 Å². The lowest BCUT2D eigenvalue weighted by Crippen LogP contribution is -2.47. The molecule has 1 aliphatic heterocycles. The Balaban J connectivity index is 1.94. The number of hydrogen-bond donors (Lipinski definition) is 2. The molecule has 0 spiro atoms. The van der Waals surface area contributed by atoms with E-state index in [1.807, 2.05) is 0 Å². The van der Waals surface area contributed by atoms with E-state index in [2.05, 4.69) is 34.4 Å². The molecule has 26 heavy (non-hydrogen) atoms. The predicted molar refractivity (Wildman–Crippen MR) is 108 cm³/mol. The Bertz CT molecular complexity index is 471. The van der Waals surface area contributed by atoms with E-state index in [0.29, 0.717) is 11.5 Å². The normalized spacial score (nSPS) is 23.2. The number of carbonyl (C=O) groups is 1. The van der Waals surface area contributed by atoms with Gasteiger partial charge in [-0.25, -0.2) is 4.99 Å². The first-order valence-corrected chi connectivity index (χ1v) is 10.5. The van der Waals surface area contributed by atoms with Crippen molar-refractivity contribution < 1.29 is 4.79 Å². The number of rotatable bonds is 8. The maximum absolute atomic E-state index is 11.9. The molecule has 1 unspecified atom stereocenters. The summed E-state index contributed by atoms with van der Waals surface area (Å²) < 4.78 is 0. The summed E-state index contributed by atoms with van der Waals surface area (Å²) in [4.78, 5) is 20.6. The highest BCUT2D eigenvalue weighted by Gasteiger charge is 2.32. The van der Waals surface area contributed by atoms with Gasteiger partial charge in [-0.1, -0.05) is 26.7 Å². The largest absolute Gasteiger partial charge is 0.356 e. The number of nitrogens with zero attached hydrogens (tertiary/aromatic N) is 3. The molecule has 1 saturated heterocycles. The maximum atomic E-state index is 11.9. The van der Waals surface area contributed by atoms with E-state index < -0.39 is 0 Å². The third kappa shape index (κ3) is 5.86. The van der Waals surface area contributed by atoms with Gasteiger partial charge in [0.05, 0.1) is 0 Å². The van der Waals surface area contributed by atoms with Crippen molar-refractivity contribution >= 4 is 11.9 Å². The standard InChI is InChI=1S/C20H39N5O/c1-5-20(11-7-8-12-20)16-23-19(22-15-18(26)24(3)4)21-14-17-10-9-13-25(17)6-2/h17H,5-16H2,1-4H3,(H2,21,22,23). The van der Waals surface area contributed by atoms with Crippen LogP contribution in [0.25, 0.3) is 0 Å². The first kappa shape index (κ1) is 21.0. The molecule has 1 atom stereocenters. The van der Waals surface area contributed by atoms with E-state index in [9.17, 15) is 4.79 Å². The van der Waals surface area contributed by atoms with Crippen LogP contribution in [-0.4, -0.2) is 74.5 Å². The molecule has 0 aromatic rings. The second kappa shape index (κ2) is 10.1. The van der Waals surface area contributed by atoms with E-state index in [-0.39, 0.29) is 12.5 Å². The summed E-state index contributed by atoms with van der Waals surface area (Å²) in [6.07, 6.45) is 8.99. The number of hydrogen-bond acceptors (Lipinski definition) is 3. The summed E-state index contributed by atoms with van der Waals surface area (Å²) in [7, 11) is 3.56. The van der Waals surface area contributed by atoms with Crippen molar-refractivity contribution in [1.82, 2.24) is 20.4 Å². The smallest absolute Gasteiger partial charge is 0.243 e. The minimum absolute atomic E-state index is 0.0354. The van der Waals surface area contributed by atoms with E-state index in [1.165, 1.54) is 51.5 Å². The monoisotopic (exact) mass is 365 g/mol. The quantitative estimate of drug-likeness (QED) is 0.511. The second-order valence-electron chi connectivity index (χ2n) is 8.17. The Hall–Kier alpha value is -1.30. The number of aliphatic imine (C=N–C) groups is 1. The van der Waals surface area contributed by atoms with E-state index in [4.69, 9.17) is 0 Å². The molecular weight excluding hydrogens is 326 g/mol. The number of carbonyl (C=O) groups excluding carboxylic acids is 1. The molecule has 6 heteroatoms. The molecule has 0 bridgehead atoms. The zero-order chi connectivity index (χ0) is 19.0. The average Bonchev–Trinajstić information content (AvgIpc) is 3.30. The van der Waals surface area contributed by atoms with E-state index in [1.54, 1.807) is 19.0 Å². The summed E-state index contributed by atoms with van der Waals surface area (Å²) in [5, 5.41) is 7.07. The number of guanidine groups is 1. The first-order valence-electron chi connectivity index (χ1n) is 10.5. The van der Waals surface area contributed by atoms with Crippen molar-refractivity contribution in [3.63, 3.8) is 0 Å². The molecule has 0 radical (unpaired) electrons. The number of amides is 1. The molecule has 2 rings (SSSR count). The van der Waals surface area contributed by atoms with Gasteiger partial charge in [0, 0.05) is 33.2 Å². The van der Waals surface area contributed by atoms with Crippen LogP contribution in [0.4, 0.5) is 0 Å². The van der Waals surface area contributed by atoms with Crippen LogP contribution in [0, 0.1) is 5.41 Å². The lowest BCUT2D eigenvalue weighted by atomic mass is 9.83. The SMILES string of the molecule is CCN1CCCC1CNC(=NCC(=O)N(C)C)NCC1(CC)CCCC1. The molecule has 6 nitrogen and oxygen atoms in total. The van der Waals surface area contributed by atoms with Gasteiger partial charge in [-0.3, -0.25) is 9.69 Å². The van der Waals surface area contributed by atoms with Crippen molar-refractivity contribution in [2.24, 2.45) is 10.4 Å². The van der Waals surface area contributed by atoms with Crippen molar-refractivity contribution in [2.45, 2.75) is 64.8 Å². The highest BCUT2D eigenvalue weighted by molar-refractivity contribution is 5.84. The Morgan fingerprint density at radius 3 is 2.54 bits per heavy atom. The fraction of sp³-hybridized carbons (Fsp3) is 0.900. The minimum Gasteiger partial charge on any atom is -0.356 e. The van der Waals surface area contributed by atoms with Gasteiger partial charge in [0.25, 0.3) is 0 Å². The van der Waals surface area contributed by atoms with E-state index >= 15 is 0 Å². The third-order valence-corrected chi connectivity index (χ3v) is 6.33. The summed E-state index contributed by atoms with van der Waals surface area (Å²) in [5.41, 5.74) is 0.400. The Morgan fingerprint density at radius 1 is 1.19 bits per heavy atom. The molecule has 1 amide bonds. The molecule has 2 aliphatic rings. The van der Waals surface area contributed by atoms with Crippen LogP contribution in [0.5, 0.6) is 0 Å². The van der Waals surface area contributed by atoms with Crippen molar-refractivity contribution in [3.8, 4) is 0 Å². The summed E-state index contributed by atoms with van der Waals surface area (Å²) in [6.45, 7) is 8.87. The molecule has 0 aromatic carbocycles. The van der Waals surface area contributed by atoms with Crippen LogP contribution in [0.15, 0.2) is 4.99 Å². The molecule has 1 heterocycles. The van der Waals surface area contributed by atoms with Crippen molar-refractivity contribution in [1.29, 1.82) is 0 Å². The predicted octanol–water partition coefficient (Wildman–Crippen LogP) is 2.06. The van der Waals surface area contributed by atoms with Crippen molar-refractivity contribution in [2.75, 3.05) is 46.8 Å². The fourth-order valence-corrected chi connectivity index (χ4v) is 4.27. The second-order valence-corrected chi connectivity index (χ2v) is 8.17. The lowest BCUT2D eigenvalue weighted by Gasteiger charge is -2.29. The molecule has 2 fully saturated rings.